The molecule has 0 aliphatic carbocycles. The monoisotopic (exact) mass is 209 g/mol. The predicted molar refractivity (Wildman–Crippen MR) is 33.5 cm³/mol. The molecule has 0 fully saturated rings. The topological polar surface area (TPSA) is 68.8 Å². The molecule has 1 rings (SSSR count). The van der Waals surface area contributed by atoms with E-state index in [1.807, 2.05) is 0 Å². The van der Waals surface area contributed by atoms with E-state index in [9.17, 15) is 8.76 Å². The van der Waals surface area contributed by atoms with Gasteiger partial charge in [0.15, 0.2) is 0 Å². The van der Waals surface area contributed by atoms with Crippen LogP contribution in [0.25, 0.3) is 0 Å². The molecule has 1 aromatic rings. The van der Waals surface area contributed by atoms with E-state index in [-0.39, 0.29) is 5.03 Å². The quantitative estimate of drug-likeness (QED) is 0.682. The van der Waals surface area contributed by atoms with Crippen LogP contribution in [-0.2, 0) is 11.1 Å². The van der Waals surface area contributed by atoms with E-state index >= 15 is 0 Å². The fourth-order valence-corrected chi connectivity index (χ4v) is 1.34. The van der Waals surface area contributed by atoms with Gasteiger partial charge in [-0.05, 0) is 27.0 Å². The smallest absolute Gasteiger partial charge is 0.139 e. The van der Waals surface area contributed by atoms with E-state index in [2.05, 4.69) is 25.9 Å². The van der Waals surface area contributed by atoms with Crippen LogP contribution in [0.15, 0.2) is 16.0 Å². The van der Waals surface area contributed by atoms with Crippen LogP contribution in [-0.4, -0.2) is 18.7 Å². The summed E-state index contributed by atoms with van der Waals surface area (Å²) in [6, 6.07) is 0. The summed E-state index contributed by atoms with van der Waals surface area (Å²) in [6.45, 7) is 0. The molecule has 0 saturated heterocycles. The molecule has 1 heterocycles. The minimum atomic E-state index is -2.22. The Hall–Kier alpha value is -0.200. The molecule has 0 aliphatic rings. The van der Waals surface area contributed by atoms with Crippen molar-refractivity contribution in [1.29, 1.82) is 0 Å². The summed E-state index contributed by atoms with van der Waals surface area (Å²) >= 11 is 0.707. The highest BCUT2D eigenvalue weighted by Gasteiger charge is 1.99. The van der Waals surface area contributed by atoms with Crippen molar-refractivity contribution in [2.24, 2.45) is 0 Å². The highest BCUT2D eigenvalue weighted by atomic mass is 79.9. The van der Waals surface area contributed by atoms with Gasteiger partial charge in [0.05, 0.1) is 6.33 Å². The number of nitrogens with one attached hydrogen (secondary N) is 1. The Morgan fingerprint density at radius 2 is 2.56 bits per heavy atom. The first-order valence-corrected chi connectivity index (χ1v) is 3.86. The second-order valence-electron chi connectivity index (χ2n) is 1.26. The van der Waals surface area contributed by atoms with E-state index in [1.165, 1.54) is 6.33 Å². The standard InChI is InChI=1S/C3H3BrN2O2S/c4-2-3(9(7)8)6-1-5-2/h1H,(H,5,6)(H,7,8)/p-1. The average molecular weight is 210 g/mol. The first-order chi connectivity index (χ1) is 4.22. The van der Waals surface area contributed by atoms with Gasteiger partial charge in [-0.3, -0.25) is 4.21 Å². The number of aromatic amines is 1. The van der Waals surface area contributed by atoms with E-state index in [4.69, 9.17) is 0 Å². The molecule has 1 aromatic heterocycles. The van der Waals surface area contributed by atoms with Crippen molar-refractivity contribution < 1.29 is 8.76 Å². The van der Waals surface area contributed by atoms with Crippen LogP contribution in [0, 0.1) is 0 Å². The zero-order chi connectivity index (χ0) is 6.85. The molecule has 1 atom stereocenters. The van der Waals surface area contributed by atoms with Crippen LogP contribution in [0.1, 0.15) is 0 Å². The van der Waals surface area contributed by atoms with Crippen molar-refractivity contribution in [3.05, 3.63) is 10.9 Å². The maximum Gasteiger partial charge on any atom is 0.139 e. The van der Waals surface area contributed by atoms with Gasteiger partial charge in [-0.1, -0.05) is 0 Å². The van der Waals surface area contributed by atoms with E-state index < -0.39 is 11.1 Å². The van der Waals surface area contributed by atoms with Crippen LogP contribution in [0.2, 0.25) is 0 Å². The number of halogens is 1. The molecule has 0 radical (unpaired) electrons. The number of rotatable bonds is 1. The lowest BCUT2D eigenvalue weighted by molar-refractivity contribution is 0.533. The first-order valence-electron chi connectivity index (χ1n) is 2.00. The SMILES string of the molecule is O=S([O-])c1[nH]cnc1Br. The molecular formula is C3H2BrN2O2S-. The number of hydrogen-bond acceptors (Lipinski definition) is 3. The van der Waals surface area contributed by atoms with Gasteiger partial charge in [0.1, 0.15) is 9.63 Å². The van der Waals surface area contributed by atoms with Crippen molar-refractivity contribution >= 4 is 27.0 Å². The second kappa shape index (κ2) is 2.59. The van der Waals surface area contributed by atoms with Crippen molar-refractivity contribution in [3.8, 4) is 0 Å². The third-order valence-corrected chi connectivity index (χ3v) is 2.24. The Kier molecular flexibility index (Phi) is 1.99. The lowest BCUT2D eigenvalue weighted by Gasteiger charge is -1.98. The minimum absolute atomic E-state index is 0.0787. The van der Waals surface area contributed by atoms with Crippen molar-refractivity contribution in [1.82, 2.24) is 9.97 Å². The Morgan fingerprint density at radius 1 is 1.89 bits per heavy atom. The fourth-order valence-electron chi connectivity index (χ4n) is 0.383. The Bertz CT molecular complexity index is 235. The normalized spacial score (nSPS) is 13.6. The van der Waals surface area contributed by atoms with Gasteiger partial charge in [0.2, 0.25) is 0 Å². The van der Waals surface area contributed by atoms with Crippen LogP contribution < -0.4 is 0 Å². The van der Waals surface area contributed by atoms with E-state index in [0.29, 0.717) is 4.60 Å². The Morgan fingerprint density at radius 3 is 2.78 bits per heavy atom. The predicted octanol–water partition coefficient (Wildman–Crippen LogP) is 0.410. The molecule has 6 heteroatoms. The van der Waals surface area contributed by atoms with Gasteiger partial charge in [0, 0.05) is 0 Å². The van der Waals surface area contributed by atoms with Crippen LogP contribution in [0.5, 0.6) is 0 Å². The molecule has 50 valence electrons. The van der Waals surface area contributed by atoms with Crippen molar-refractivity contribution in [2.45, 2.75) is 5.03 Å². The van der Waals surface area contributed by atoms with Crippen LogP contribution in [0.3, 0.4) is 0 Å². The number of aromatic nitrogens is 2. The number of H-pyrrole nitrogens is 1. The molecule has 4 nitrogen and oxygen atoms in total. The first kappa shape index (κ1) is 6.91. The lowest BCUT2D eigenvalue weighted by Crippen LogP contribution is -1.88. The summed E-state index contributed by atoms with van der Waals surface area (Å²) in [7, 11) is 0. The molecule has 0 aromatic carbocycles. The highest BCUT2D eigenvalue weighted by molar-refractivity contribution is 9.10. The molecule has 0 saturated carbocycles. The summed E-state index contributed by atoms with van der Waals surface area (Å²) < 4.78 is 20.7. The number of hydrogen-bond donors (Lipinski definition) is 1. The van der Waals surface area contributed by atoms with E-state index in [1.54, 1.807) is 0 Å². The molecule has 1 unspecified atom stereocenters. The number of imidazole rings is 1. The molecule has 1 N–H and O–H groups in total. The lowest BCUT2D eigenvalue weighted by atomic mass is 10.9. The summed E-state index contributed by atoms with van der Waals surface area (Å²) in [5.74, 6) is 0. The zero-order valence-corrected chi connectivity index (χ0v) is 6.53. The van der Waals surface area contributed by atoms with Gasteiger partial charge < -0.3 is 9.54 Å². The molecule has 0 aliphatic heterocycles. The minimum Gasteiger partial charge on any atom is -0.767 e. The zero-order valence-electron chi connectivity index (χ0n) is 4.13. The largest absolute Gasteiger partial charge is 0.767 e. The van der Waals surface area contributed by atoms with Gasteiger partial charge in [-0.25, -0.2) is 4.98 Å². The molecule has 0 spiro atoms. The number of nitrogens with zero attached hydrogens (tertiary/aromatic N) is 1. The third kappa shape index (κ3) is 1.38. The third-order valence-electron chi connectivity index (χ3n) is 0.728. The summed E-state index contributed by atoms with van der Waals surface area (Å²) in [5.41, 5.74) is 0. The Labute approximate surface area is 62.1 Å². The van der Waals surface area contributed by atoms with Crippen LogP contribution >= 0.6 is 15.9 Å². The summed E-state index contributed by atoms with van der Waals surface area (Å²) in [5, 5.41) is 0.0787. The maximum atomic E-state index is 10.2. The van der Waals surface area contributed by atoms with E-state index in [0.717, 1.165) is 0 Å². The van der Waals surface area contributed by atoms with Crippen molar-refractivity contribution in [3.63, 3.8) is 0 Å². The van der Waals surface area contributed by atoms with Crippen LogP contribution in [0.4, 0.5) is 0 Å². The van der Waals surface area contributed by atoms with Crippen molar-refractivity contribution in [2.75, 3.05) is 0 Å². The fraction of sp³-hybridized carbons (Fsp3) is 0. The molecular weight excluding hydrogens is 208 g/mol. The Balaban J connectivity index is 3.08. The van der Waals surface area contributed by atoms with Gasteiger partial charge >= 0.3 is 0 Å². The molecule has 9 heavy (non-hydrogen) atoms. The van der Waals surface area contributed by atoms with Gasteiger partial charge in [-0.2, -0.15) is 0 Å². The van der Waals surface area contributed by atoms with Gasteiger partial charge in [-0.15, -0.1) is 0 Å². The highest BCUT2D eigenvalue weighted by Crippen LogP contribution is 2.12. The summed E-state index contributed by atoms with van der Waals surface area (Å²) in [6.07, 6.45) is 1.30. The maximum absolute atomic E-state index is 10.2. The molecule has 0 bridgehead atoms. The van der Waals surface area contributed by atoms with Gasteiger partial charge in [0.25, 0.3) is 0 Å². The summed E-state index contributed by atoms with van der Waals surface area (Å²) in [4.78, 5) is 6.04. The average Bonchev–Trinajstić information content (AvgIpc) is 2.13. The molecule has 0 amide bonds. The second-order valence-corrected chi connectivity index (χ2v) is 2.89.